The Morgan fingerprint density at radius 3 is 2.71 bits per heavy atom. The molecule has 0 aromatic carbocycles. The van der Waals surface area contributed by atoms with E-state index in [-0.39, 0.29) is 5.56 Å². The van der Waals surface area contributed by atoms with Gasteiger partial charge < -0.3 is 14.5 Å². The summed E-state index contributed by atoms with van der Waals surface area (Å²) >= 11 is 1.36. The van der Waals surface area contributed by atoms with Crippen molar-refractivity contribution in [1.29, 1.82) is 0 Å². The van der Waals surface area contributed by atoms with Gasteiger partial charge in [-0.3, -0.25) is 4.79 Å². The number of nitrogens with zero attached hydrogens (tertiary/aromatic N) is 2. The summed E-state index contributed by atoms with van der Waals surface area (Å²) in [4.78, 5) is 28.7. The molecule has 0 saturated heterocycles. The van der Waals surface area contributed by atoms with Crippen molar-refractivity contribution >= 4 is 22.8 Å². The number of fused-ring (bicyclic) bond motifs is 1. The molecule has 2 rings (SSSR count). The molecule has 114 valence electrons. The molecule has 2 heterocycles. The third-order valence-corrected chi connectivity index (χ3v) is 3.99. The van der Waals surface area contributed by atoms with Crippen LogP contribution in [0.3, 0.4) is 0 Å². The number of rotatable bonds is 3. The van der Waals surface area contributed by atoms with Crippen LogP contribution in [0.4, 0.5) is 0 Å². The molecule has 1 aliphatic rings. The molecule has 0 fully saturated rings. The molecule has 0 bridgehead atoms. The number of carboxylic acids is 1. The van der Waals surface area contributed by atoms with Crippen molar-refractivity contribution in [1.82, 2.24) is 4.57 Å². The van der Waals surface area contributed by atoms with Crippen LogP contribution in [-0.4, -0.2) is 26.3 Å². The van der Waals surface area contributed by atoms with E-state index in [0.717, 1.165) is 5.03 Å². The Morgan fingerprint density at radius 2 is 2.19 bits per heavy atom. The van der Waals surface area contributed by atoms with Crippen LogP contribution < -0.4 is 5.43 Å². The zero-order chi connectivity index (χ0) is 15.8. The zero-order valence-electron chi connectivity index (χ0n) is 12.5. The number of thioether (sulfide) groups is 1. The fraction of sp³-hybridized carbons (Fsp3) is 0.500. The molecule has 1 N–H and O–H groups in total. The number of oxime groups is 1. The van der Waals surface area contributed by atoms with Crippen LogP contribution in [0.5, 0.6) is 0 Å². The first-order valence-corrected chi connectivity index (χ1v) is 7.47. The van der Waals surface area contributed by atoms with Crippen LogP contribution >= 0.6 is 11.8 Å². The van der Waals surface area contributed by atoms with Crippen molar-refractivity contribution in [3.05, 3.63) is 27.5 Å². The SMILES string of the molecule is CCn1cc(C(=O)O)c(=O)c2c1SC(=NOC(C)(C)C)C2. The van der Waals surface area contributed by atoms with Crippen LogP contribution in [0.15, 0.2) is 21.2 Å². The van der Waals surface area contributed by atoms with E-state index in [0.29, 0.717) is 23.6 Å². The summed E-state index contributed by atoms with van der Waals surface area (Å²) in [7, 11) is 0. The predicted molar refractivity (Wildman–Crippen MR) is 81.2 cm³/mol. The second kappa shape index (κ2) is 5.55. The molecule has 1 aromatic rings. The summed E-state index contributed by atoms with van der Waals surface area (Å²) < 4.78 is 1.77. The number of carboxylic acid groups (broad SMARTS) is 1. The topological polar surface area (TPSA) is 80.9 Å². The van der Waals surface area contributed by atoms with Crippen LogP contribution in [0, 0.1) is 0 Å². The summed E-state index contributed by atoms with van der Waals surface area (Å²) in [5.74, 6) is -1.20. The first kappa shape index (κ1) is 15.6. The van der Waals surface area contributed by atoms with Gasteiger partial charge in [-0.05, 0) is 27.7 Å². The summed E-state index contributed by atoms with van der Waals surface area (Å²) in [5.41, 5.74) is -0.557. The Bertz CT molecular complexity index is 671. The van der Waals surface area contributed by atoms with Gasteiger partial charge in [0, 0.05) is 24.7 Å². The Kier molecular flexibility index (Phi) is 4.13. The summed E-state index contributed by atoms with van der Waals surface area (Å²) in [6.07, 6.45) is 1.71. The number of hydrogen-bond donors (Lipinski definition) is 1. The molecule has 6 nitrogen and oxygen atoms in total. The van der Waals surface area contributed by atoms with Gasteiger partial charge in [-0.25, -0.2) is 4.79 Å². The van der Waals surface area contributed by atoms with Gasteiger partial charge in [-0.15, -0.1) is 0 Å². The highest BCUT2D eigenvalue weighted by Gasteiger charge is 2.28. The minimum atomic E-state index is -1.20. The lowest BCUT2D eigenvalue weighted by Crippen LogP contribution is -2.22. The highest BCUT2D eigenvalue weighted by Crippen LogP contribution is 2.32. The van der Waals surface area contributed by atoms with Gasteiger partial charge in [-0.2, -0.15) is 0 Å². The maximum Gasteiger partial charge on any atom is 0.341 e. The van der Waals surface area contributed by atoms with E-state index in [4.69, 9.17) is 9.94 Å². The largest absolute Gasteiger partial charge is 0.477 e. The fourth-order valence-corrected chi connectivity index (χ4v) is 3.01. The third-order valence-electron chi connectivity index (χ3n) is 2.86. The molecule has 0 aliphatic carbocycles. The molecule has 7 heteroatoms. The standard InChI is InChI=1S/C14H18N2O4S/c1-5-16-7-9(13(18)19)11(17)8-6-10(21-12(8)16)15-20-14(2,3)4/h7H,5-6H2,1-4H3,(H,18,19). The Morgan fingerprint density at radius 1 is 1.52 bits per heavy atom. The molecule has 1 aliphatic heterocycles. The summed E-state index contributed by atoms with van der Waals surface area (Å²) in [6, 6.07) is 0. The molecule has 0 spiro atoms. The maximum absolute atomic E-state index is 12.2. The number of carbonyl (C=O) groups is 1. The third kappa shape index (κ3) is 3.29. The van der Waals surface area contributed by atoms with E-state index in [1.807, 2.05) is 27.7 Å². The highest BCUT2D eigenvalue weighted by atomic mass is 32.2. The van der Waals surface area contributed by atoms with Crippen LogP contribution in [-0.2, 0) is 17.8 Å². The van der Waals surface area contributed by atoms with Crippen molar-refractivity contribution in [2.45, 2.75) is 51.3 Å². The highest BCUT2D eigenvalue weighted by molar-refractivity contribution is 8.14. The van der Waals surface area contributed by atoms with Crippen LogP contribution in [0.25, 0.3) is 0 Å². The quantitative estimate of drug-likeness (QED) is 0.867. The van der Waals surface area contributed by atoms with Gasteiger partial charge in [0.25, 0.3) is 0 Å². The first-order chi connectivity index (χ1) is 9.73. The van der Waals surface area contributed by atoms with E-state index in [9.17, 15) is 9.59 Å². The van der Waals surface area contributed by atoms with E-state index in [1.54, 1.807) is 4.57 Å². The van der Waals surface area contributed by atoms with Gasteiger partial charge in [0.1, 0.15) is 16.2 Å². The maximum atomic E-state index is 12.2. The van der Waals surface area contributed by atoms with E-state index in [1.165, 1.54) is 18.0 Å². The van der Waals surface area contributed by atoms with Gasteiger partial charge in [0.15, 0.2) is 0 Å². The lowest BCUT2D eigenvalue weighted by atomic mass is 10.1. The first-order valence-electron chi connectivity index (χ1n) is 6.65. The second-order valence-electron chi connectivity index (χ2n) is 5.71. The molecule has 0 radical (unpaired) electrons. The molecular weight excluding hydrogens is 292 g/mol. The Labute approximate surface area is 126 Å². The van der Waals surface area contributed by atoms with Gasteiger partial charge >= 0.3 is 5.97 Å². The van der Waals surface area contributed by atoms with Crippen molar-refractivity contribution < 1.29 is 14.7 Å². The molecule has 0 unspecified atom stereocenters. The second-order valence-corrected chi connectivity index (χ2v) is 6.78. The van der Waals surface area contributed by atoms with Gasteiger partial charge in [0.2, 0.25) is 5.43 Å². The molecule has 1 aromatic heterocycles. The smallest absolute Gasteiger partial charge is 0.341 e. The van der Waals surface area contributed by atoms with E-state index < -0.39 is 17.0 Å². The average Bonchev–Trinajstić information content (AvgIpc) is 2.80. The average molecular weight is 310 g/mol. The molecular formula is C14H18N2O4S. The minimum absolute atomic E-state index is 0.200. The van der Waals surface area contributed by atoms with Crippen molar-refractivity contribution in [3.63, 3.8) is 0 Å². The van der Waals surface area contributed by atoms with E-state index in [2.05, 4.69) is 5.16 Å². The zero-order valence-corrected chi connectivity index (χ0v) is 13.3. The van der Waals surface area contributed by atoms with Crippen LogP contribution in [0.2, 0.25) is 0 Å². The molecule has 0 atom stereocenters. The molecule has 0 saturated carbocycles. The molecule has 0 amide bonds. The number of aromatic carboxylic acids is 1. The van der Waals surface area contributed by atoms with Gasteiger partial charge in [-0.1, -0.05) is 16.9 Å². The lowest BCUT2D eigenvalue weighted by Gasteiger charge is -2.15. The van der Waals surface area contributed by atoms with Gasteiger partial charge in [0.05, 0.1) is 5.03 Å². The normalized spacial score (nSPS) is 16.1. The predicted octanol–water partition coefficient (Wildman–Crippen LogP) is 2.34. The number of aromatic nitrogens is 1. The number of aryl methyl sites for hydroxylation is 1. The van der Waals surface area contributed by atoms with Crippen molar-refractivity contribution in [3.8, 4) is 0 Å². The summed E-state index contributed by atoms with van der Waals surface area (Å²) in [5, 5.41) is 14.6. The number of pyridine rings is 1. The minimum Gasteiger partial charge on any atom is -0.477 e. The summed E-state index contributed by atoms with van der Waals surface area (Å²) in [6.45, 7) is 8.15. The molecule has 21 heavy (non-hydrogen) atoms. The van der Waals surface area contributed by atoms with Crippen molar-refractivity contribution in [2.24, 2.45) is 5.16 Å². The van der Waals surface area contributed by atoms with Crippen molar-refractivity contribution in [2.75, 3.05) is 0 Å². The monoisotopic (exact) mass is 310 g/mol. The van der Waals surface area contributed by atoms with E-state index >= 15 is 0 Å². The Balaban J connectivity index is 2.43. The Hall–Kier alpha value is -1.76. The van der Waals surface area contributed by atoms with Crippen LogP contribution in [0.1, 0.15) is 43.6 Å². The fourth-order valence-electron chi connectivity index (χ4n) is 1.91. The lowest BCUT2D eigenvalue weighted by molar-refractivity contribution is 0.00132. The number of hydrogen-bond acceptors (Lipinski definition) is 5.